The van der Waals surface area contributed by atoms with Crippen molar-refractivity contribution in [2.75, 3.05) is 11.9 Å². The molecular formula is C14H19ClN2O2. The van der Waals surface area contributed by atoms with Crippen LogP contribution in [0.5, 0.6) is 0 Å². The highest BCUT2D eigenvalue weighted by Crippen LogP contribution is 2.16. The van der Waals surface area contributed by atoms with Crippen LogP contribution in [-0.2, 0) is 9.59 Å². The molecule has 0 heterocycles. The Morgan fingerprint density at radius 3 is 2.63 bits per heavy atom. The SMILES string of the molecule is Cc1ccc(C)c(NC(=O)CCNC(=O)[C@@H](C)Cl)c1. The van der Waals surface area contributed by atoms with Crippen molar-refractivity contribution in [3.63, 3.8) is 0 Å². The number of hydrogen-bond donors (Lipinski definition) is 2. The number of halogens is 1. The van der Waals surface area contributed by atoms with Crippen molar-refractivity contribution < 1.29 is 9.59 Å². The van der Waals surface area contributed by atoms with Gasteiger partial charge in [0, 0.05) is 18.7 Å². The zero-order chi connectivity index (χ0) is 14.4. The van der Waals surface area contributed by atoms with Crippen molar-refractivity contribution >= 4 is 29.1 Å². The smallest absolute Gasteiger partial charge is 0.237 e. The molecule has 4 nitrogen and oxygen atoms in total. The summed E-state index contributed by atoms with van der Waals surface area (Å²) in [6, 6.07) is 5.88. The number of anilines is 1. The number of amides is 2. The molecule has 1 aromatic rings. The molecule has 0 bridgehead atoms. The summed E-state index contributed by atoms with van der Waals surface area (Å²) < 4.78 is 0. The minimum atomic E-state index is -0.581. The van der Waals surface area contributed by atoms with Gasteiger partial charge < -0.3 is 10.6 Å². The van der Waals surface area contributed by atoms with E-state index in [1.807, 2.05) is 32.0 Å². The number of nitrogens with one attached hydrogen (secondary N) is 2. The molecule has 0 aliphatic rings. The largest absolute Gasteiger partial charge is 0.354 e. The van der Waals surface area contributed by atoms with Crippen LogP contribution < -0.4 is 10.6 Å². The average molecular weight is 283 g/mol. The molecule has 0 radical (unpaired) electrons. The van der Waals surface area contributed by atoms with E-state index in [2.05, 4.69) is 10.6 Å². The van der Waals surface area contributed by atoms with Crippen LogP contribution in [0.25, 0.3) is 0 Å². The average Bonchev–Trinajstić information content (AvgIpc) is 2.33. The maximum absolute atomic E-state index is 11.7. The summed E-state index contributed by atoms with van der Waals surface area (Å²) in [4.78, 5) is 22.9. The number of alkyl halides is 1. The molecule has 0 spiro atoms. The van der Waals surface area contributed by atoms with Crippen LogP contribution in [0.15, 0.2) is 18.2 Å². The highest BCUT2D eigenvalue weighted by atomic mass is 35.5. The number of aryl methyl sites for hydroxylation is 2. The molecule has 0 aromatic heterocycles. The van der Waals surface area contributed by atoms with Crippen LogP contribution in [0.4, 0.5) is 5.69 Å². The molecule has 0 saturated carbocycles. The van der Waals surface area contributed by atoms with Crippen LogP contribution in [0.3, 0.4) is 0 Å². The lowest BCUT2D eigenvalue weighted by molar-refractivity contribution is -0.120. The van der Waals surface area contributed by atoms with Gasteiger partial charge in [0.1, 0.15) is 5.38 Å². The van der Waals surface area contributed by atoms with Crippen LogP contribution >= 0.6 is 11.6 Å². The number of benzene rings is 1. The summed E-state index contributed by atoms with van der Waals surface area (Å²) in [7, 11) is 0. The summed E-state index contributed by atoms with van der Waals surface area (Å²) in [6.45, 7) is 5.78. The van der Waals surface area contributed by atoms with E-state index >= 15 is 0 Å². The maximum atomic E-state index is 11.7. The second kappa shape index (κ2) is 7.14. The zero-order valence-corrected chi connectivity index (χ0v) is 12.2. The Balaban J connectivity index is 2.43. The number of hydrogen-bond acceptors (Lipinski definition) is 2. The van der Waals surface area contributed by atoms with Crippen molar-refractivity contribution in [3.05, 3.63) is 29.3 Å². The standard InChI is InChI=1S/C14H19ClN2O2/c1-9-4-5-10(2)12(8-9)17-13(18)6-7-16-14(19)11(3)15/h4-5,8,11H,6-7H2,1-3H3,(H,16,19)(H,17,18)/t11-/m1/s1. The normalized spacial score (nSPS) is 11.8. The lowest BCUT2D eigenvalue weighted by atomic mass is 10.1. The first-order valence-electron chi connectivity index (χ1n) is 6.19. The Morgan fingerprint density at radius 1 is 1.32 bits per heavy atom. The summed E-state index contributed by atoms with van der Waals surface area (Å²) in [5, 5.41) is 4.84. The molecule has 104 valence electrons. The first-order chi connectivity index (χ1) is 8.90. The minimum Gasteiger partial charge on any atom is -0.354 e. The predicted molar refractivity (Wildman–Crippen MR) is 77.5 cm³/mol. The van der Waals surface area contributed by atoms with E-state index in [4.69, 9.17) is 11.6 Å². The van der Waals surface area contributed by atoms with Gasteiger partial charge in [-0.25, -0.2) is 0 Å². The Hall–Kier alpha value is -1.55. The molecular weight excluding hydrogens is 264 g/mol. The van der Waals surface area contributed by atoms with Gasteiger partial charge in [0.2, 0.25) is 11.8 Å². The zero-order valence-electron chi connectivity index (χ0n) is 11.4. The van der Waals surface area contributed by atoms with E-state index in [9.17, 15) is 9.59 Å². The van der Waals surface area contributed by atoms with E-state index in [1.165, 1.54) is 0 Å². The van der Waals surface area contributed by atoms with Gasteiger partial charge in [-0.15, -0.1) is 11.6 Å². The van der Waals surface area contributed by atoms with Crippen molar-refractivity contribution in [3.8, 4) is 0 Å². The van der Waals surface area contributed by atoms with Gasteiger partial charge in [-0.3, -0.25) is 9.59 Å². The van der Waals surface area contributed by atoms with Crippen molar-refractivity contribution in [1.82, 2.24) is 5.32 Å². The van der Waals surface area contributed by atoms with Gasteiger partial charge in [0.25, 0.3) is 0 Å². The first-order valence-corrected chi connectivity index (χ1v) is 6.62. The first kappa shape index (κ1) is 15.5. The highest BCUT2D eigenvalue weighted by molar-refractivity contribution is 6.30. The molecule has 2 N–H and O–H groups in total. The molecule has 0 unspecified atom stereocenters. The Morgan fingerprint density at radius 2 is 2.00 bits per heavy atom. The van der Waals surface area contributed by atoms with E-state index in [0.717, 1.165) is 16.8 Å². The Bertz CT molecular complexity index is 473. The summed E-state index contributed by atoms with van der Waals surface area (Å²) in [5.41, 5.74) is 2.91. The van der Waals surface area contributed by atoms with E-state index in [-0.39, 0.29) is 24.8 Å². The van der Waals surface area contributed by atoms with Gasteiger partial charge in [-0.2, -0.15) is 0 Å². The molecule has 1 aromatic carbocycles. The topological polar surface area (TPSA) is 58.2 Å². The van der Waals surface area contributed by atoms with E-state index < -0.39 is 5.38 Å². The van der Waals surface area contributed by atoms with E-state index in [0.29, 0.717) is 0 Å². The van der Waals surface area contributed by atoms with Crippen molar-refractivity contribution in [2.45, 2.75) is 32.6 Å². The molecule has 5 heteroatoms. The second-order valence-electron chi connectivity index (χ2n) is 4.52. The fraction of sp³-hybridized carbons (Fsp3) is 0.429. The fourth-order valence-corrected chi connectivity index (χ4v) is 1.60. The van der Waals surface area contributed by atoms with Gasteiger partial charge in [0.15, 0.2) is 0 Å². The van der Waals surface area contributed by atoms with Gasteiger partial charge in [-0.05, 0) is 38.0 Å². The third kappa shape index (κ3) is 5.30. The lowest BCUT2D eigenvalue weighted by Crippen LogP contribution is -2.32. The lowest BCUT2D eigenvalue weighted by Gasteiger charge is -2.10. The van der Waals surface area contributed by atoms with Gasteiger partial charge in [0.05, 0.1) is 0 Å². The molecule has 1 atom stereocenters. The van der Waals surface area contributed by atoms with Gasteiger partial charge >= 0.3 is 0 Å². The quantitative estimate of drug-likeness (QED) is 0.815. The molecule has 0 saturated heterocycles. The maximum Gasteiger partial charge on any atom is 0.237 e. The molecule has 0 aliphatic heterocycles. The molecule has 2 amide bonds. The monoisotopic (exact) mass is 282 g/mol. The minimum absolute atomic E-state index is 0.128. The fourth-order valence-electron chi connectivity index (χ4n) is 1.52. The summed E-state index contributed by atoms with van der Waals surface area (Å²) >= 11 is 5.60. The molecule has 0 aliphatic carbocycles. The number of carbonyl (C=O) groups is 2. The Labute approximate surface area is 118 Å². The summed E-state index contributed by atoms with van der Waals surface area (Å²) in [6.07, 6.45) is 0.225. The van der Waals surface area contributed by atoms with Crippen molar-refractivity contribution in [1.29, 1.82) is 0 Å². The summed E-state index contributed by atoms with van der Waals surface area (Å²) in [5.74, 6) is -0.391. The highest BCUT2D eigenvalue weighted by Gasteiger charge is 2.09. The molecule has 19 heavy (non-hydrogen) atoms. The number of rotatable bonds is 5. The van der Waals surface area contributed by atoms with Crippen LogP contribution in [0.1, 0.15) is 24.5 Å². The number of carbonyl (C=O) groups excluding carboxylic acids is 2. The third-order valence-corrected chi connectivity index (χ3v) is 2.88. The van der Waals surface area contributed by atoms with Crippen molar-refractivity contribution in [2.24, 2.45) is 0 Å². The predicted octanol–water partition coefficient (Wildman–Crippen LogP) is 2.38. The van der Waals surface area contributed by atoms with Crippen LogP contribution in [-0.4, -0.2) is 23.7 Å². The molecule has 0 fully saturated rings. The Kier molecular flexibility index (Phi) is 5.83. The van der Waals surface area contributed by atoms with Crippen LogP contribution in [0.2, 0.25) is 0 Å². The second-order valence-corrected chi connectivity index (χ2v) is 5.18. The van der Waals surface area contributed by atoms with Crippen LogP contribution in [0, 0.1) is 13.8 Å². The third-order valence-electron chi connectivity index (χ3n) is 2.68. The van der Waals surface area contributed by atoms with E-state index in [1.54, 1.807) is 6.92 Å². The molecule has 1 rings (SSSR count). The van der Waals surface area contributed by atoms with Gasteiger partial charge in [-0.1, -0.05) is 12.1 Å².